The van der Waals surface area contributed by atoms with Gasteiger partial charge in [0.25, 0.3) is 0 Å². The van der Waals surface area contributed by atoms with Crippen LogP contribution in [-0.4, -0.2) is 15.0 Å². The van der Waals surface area contributed by atoms with Gasteiger partial charge in [-0.2, -0.15) is 0 Å². The zero-order valence-electron chi connectivity index (χ0n) is 19.0. The van der Waals surface area contributed by atoms with Gasteiger partial charge in [-0.3, -0.25) is 0 Å². The molecule has 4 aromatic carbocycles. The number of hydrogen-bond acceptors (Lipinski definition) is 3. The minimum absolute atomic E-state index is 0.0264. The second-order valence-corrected chi connectivity index (χ2v) is 10.0. The summed E-state index contributed by atoms with van der Waals surface area (Å²) in [7, 11) is 0. The Labute approximate surface area is 207 Å². The highest BCUT2D eigenvalue weighted by Gasteiger charge is 2.35. The van der Waals surface area contributed by atoms with Crippen LogP contribution in [-0.2, 0) is 5.41 Å². The van der Waals surface area contributed by atoms with E-state index in [1.807, 2.05) is 54.6 Å². The van der Waals surface area contributed by atoms with E-state index in [0.29, 0.717) is 17.5 Å². The highest BCUT2D eigenvalue weighted by Crippen LogP contribution is 2.49. The van der Waals surface area contributed by atoms with Crippen LogP contribution in [0.1, 0.15) is 25.0 Å². The van der Waals surface area contributed by atoms with E-state index in [2.05, 4.69) is 72.2 Å². The Morgan fingerprint density at radius 3 is 1.76 bits per heavy atom. The maximum atomic E-state index is 4.91. The normalized spacial score (nSPS) is 13.4. The van der Waals surface area contributed by atoms with Gasteiger partial charge in [0.1, 0.15) is 0 Å². The highest BCUT2D eigenvalue weighted by molar-refractivity contribution is 9.10. The fraction of sp³-hybridized carbons (Fsp3) is 0.100. The lowest BCUT2D eigenvalue weighted by molar-refractivity contribution is 0.660. The van der Waals surface area contributed by atoms with Crippen molar-refractivity contribution in [1.82, 2.24) is 15.0 Å². The van der Waals surface area contributed by atoms with Crippen LogP contribution in [0.4, 0.5) is 0 Å². The van der Waals surface area contributed by atoms with Gasteiger partial charge in [-0.05, 0) is 40.5 Å². The maximum Gasteiger partial charge on any atom is 0.164 e. The van der Waals surface area contributed by atoms with E-state index >= 15 is 0 Å². The lowest BCUT2D eigenvalue weighted by Gasteiger charge is -2.21. The lowest BCUT2D eigenvalue weighted by atomic mass is 9.82. The van der Waals surface area contributed by atoms with E-state index < -0.39 is 0 Å². The van der Waals surface area contributed by atoms with Gasteiger partial charge in [0.2, 0.25) is 0 Å². The van der Waals surface area contributed by atoms with Crippen molar-refractivity contribution in [3.8, 4) is 45.3 Å². The van der Waals surface area contributed by atoms with Crippen molar-refractivity contribution in [1.29, 1.82) is 0 Å². The van der Waals surface area contributed by atoms with Crippen LogP contribution in [0.3, 0.4) is 0 Å². The van der Waals surface area contributed by atoms with Gasteiger partial charge in [0, 0.05) is 26.6 Å². The molecule has 0 bridgehead atoms. The summed E-state index contributed by atoms with van der Waals surface area (Å²) < 4.78 is 1.02. The summed E-state index contributed by atoms with van der Waals surface area (Å²) in [6, 6.07) is 33.4. The molecule has 1 aliphatic rings. The van der Waals surface area contributed by atoms with Crippen molar-refractivity contribution in [2.75, 3.05) is 0 Å². The van der Waals surface area contributed by atoms with Crippen LogP contribution in [0.2, 0.25) is 0 Å². The smallest absolute Gasteiger partial charge is 0.164 e. The molecule has 0 N–H and O–H groups in total. The number of hydrogen-bond donors (Lipinski definition) is 0. The van der Waals surface area contributed by atoms with E-state index in [9.17, 15) is 0 Å². The zero-order valence-corrected chi connectivity index (χ0v) is 20.5. The Hall–Kier alpha value is -3.63. The van der Waals surface area contributed by atoms with Gasteiger partial charge in [-0.25, -0.2) is 15.0 Å². The Morgan fingerprint density at radius 1 is 0.529 bits per heavy atom. The molecule has 0 unspecified atom stereocenters. The molecule has 1 aliphatic carbocycles. The van der Waals surface area contributed by atoms with Crippen LogP contribution >= 0.6 is 15.9 Å². The molecule has 1 aromatic heterocycles. The fourth-order valence-corrected chi connectivity index (χ4v) is 5.07. The van der Waals surface area contributed by atoms with Crippen LogP contribution in [0.25, 0.3) is 45.3 Å². The summed E-state index contributed by atoms with van der Waals surface area (Å²) in [5.74, 6) is 2.01. The maximum absolute atomic E-state index is 4.91. The predicted molar refractivity (Wildman–Crippen MR) is 141 cm³/mol. The molecule has 3 nitrogen and oxygen atoms in total. The van der Waals surface area contributed by atoms with E-state index in [1.165, 1.54) is 22.3 Å². The minimum atomic E-state index is -0.0264. The third kappa shape index (κ3) is 3.46. The Morgan fingerprint density at radius 2 is 1.06 bits per heavy atom. The molecule has 0 amide bonds. The molecule has 34 heavy (non-hydrogen) atoms. The molecule has 0 fully saturated rings. The Bertz CT molecular complexity index is 1520. The number of benzene rings is 4. The Balaban J connectivity index is 1.55. The van der Waals surface area contributed by atoms with E-state index in [0.717, 1.165) is 21.2 Å². The summed E-state index contributed by atoms with van der Waals surface area (Å²) in [5, 5.41) is 0. The first-order chi connectivity index (χ1) is 16.5. The topological polar surface area (TPSA) is 38.7 Å². The van der Waals surface area contributed by atoms with E-state index in [4.69, 9.17) is 15.0 Å². The van der Waals surface area contributed by atoms with Gasteiger partial charge >= 0.3 is 0 Å². The monoisotopic (exact) mass is 503 g/mol. The van der Waals surface area contributed by atoms with E-state index in [-0.39, 0.29) is 5.41 Å². The van der Waals surface area contributed by atoms with Crippen LogP contribution < -0.4 is 0 Å². The second kappa shape index (κ2) is 8.00. The number of halogens is 1. The summed E-state index contributed by atoms with van der Waals surface area (Å²) in [6.07, 6.45) is 0. The minimum Gasteiger partial charge on any atom is -0.208 e. The van der Waals surface area contributed by atoms with Crippen molar-refractivity contribution < 1.29 is 0 Å². The van der Waals surface area contributed by atoms with Gasteiger partial charge in [0.05, 0.1) is 0 Å². The van der Waals surface area contributed by atoms with Crippen molar-refractivity contribution in [2.24, 2.45) is 0 Å². The van der Waals surface area contributed by atoms with Gasteiger partial charge in [-0.15, -0.1) is 0 Å². The van der Waals surface area contributed by atoms with Crippen molar-refractivity contribution >= 4 is 15.9 Å². The van der Waals surface area contributed by atoms with Gasteiger partial charge < -0.3 is 0 Å². The highest BCUT2D eigenvalue weighted by atomic mass is 79.9. The third-order valence-electron chi connectivity index (χ3n) is 6.61. The number of aromatic nitrogens is 3. The fourth-order valence-electron chi connectivity index (χ4n) is 4.81. The number of nitrogens with zero attached hydrogens (tertiary/aromatic N) is 3. The average Bonchev–Trinajstić information content (AvgIpc) is 3.11. The first kappa shape index (κ1) is 20.9. The lowest BCUT2D eigenvalue weighted by Crippen LogP contribution is -2.14. The Kier molecular flexibility index (Phi) is 4.93. The third-order valence-corrected chi connectivity index (χ3v) is 7.14. The van der Waals surface area contributed by atoms with Gasteiger partial charge in [0.15, 0.2) is 17.5 Å². The van der Waals surface area contributed by atoms with Crippen LogP contribution in [0.5, 0.6) is 0 Å². The zero-order chi connectivity index (χ0) is 23.3. The SMILES string of the molecule is CC1(C)c2ccccc2-c2cc(-c3nc(-c4ccccc4)nc(-c4ccc(Br)cc4)n3)ccc21. The molecular weight excluding hydrogens is 482 g/mol. The summed E-state index contributed by atoms with van der Waals surface area (Å²) in [4.78, 5) is 14.6. The molecule has 0 saturated heterocycles. The predicted octanol–water partition coefficient (Wildman–Crippen LogP) is 7.94. The van der Waals surface area contributed by atoms with Crippen molar-refractivity contribution in [3.05, 3.63) is 113 Å². The first-order valence-corrected chi connectivity index (χ1v) is 12.1. The summed E-state index contributed by atoms with van der Waals surface area (Å²) in [6.45, 7) is 4.58. The average molecular weight is 504 g/mol. The molecule has 1 heterocycles. The summed E-state index contributed by atoms with van der Waals surface area (Å²) in [5.41, 5.74) is 8.13. The molecule has 5 aromatic rings. The molecule has 4 heteroatoms. The second-order valence-electron chi connectivity index (χ2n) is 9.11. The van der Waals surface area contributed by atoms with Crippen molar-refractivity contribution in [2.45, 2.75) is 19.3 Å². The molecule has 0 aliphatic heterocycles. The molecule has 0 radical (unpaired) electrons. The first-order valence-electron chi connectivity index (χ1n) is 11.3. The largest absolute Gasteiger partial charge is 0.208 e. The molecule has 6 rings (SSSR count). The molecule has 164 valence electrons. The quantitative estimate of drug-likeness (QED) is 0.250. The van der Waals surface area contributed by atoms with Gasteiger partial charge in [-0.1, -0.05) is 109 Å². The molecular formula is C30H22BrN3. The van der Waals surface area contributed by atoms with Crippen LogP contribution in [0, 0.1) is 0 Å². The number of fused-ring (bicyclic) bond motifs is 3. The van der Waals surface area contributed by atoms with Crippen molar-refractivity contribution in [3.63, 3.8) is 0 Å². The molecule has 0 spiro atoms. The van der Waals surface area contributed by atoms with Crippen LogP contribution in [0.15, 0.2) is 102 Å². The molecule has 0 saturated carbocycles. The number of rotatable bonds is 3. The molecule has 0 atom stereocenters. The summed E-state index contributed by atoms with van der Waals surface area (Å²) >= 11 is 3.52. The van der Waals surface area contributed by atoms with E-state index in [1.54, 1.807) is 0 Å². The standard InChI is InChI=1S/C30H22BrN3/c1-30(2)25-11-7-6-10-23(25)24-18-21(14-17-26(24)30)29-33-27(19-8-4-3-5-9-19)32-28(34-29)20-12-15-22(31)16-13-20/h3-18H,1-2H3.